The van der Waals surface area contributed by atoms with E-state index in [9.17, 15) is 4.79 Å². The summed E-state index contributed by atoms with van der Waals surface area (Å²) in [5.74, 6) is 0.725. The molecule has 0 aliphatic rings. The van der Waals surface area contributed by atoms with Gasteiger partial charge in [-0.15, -0.1) is 0 Å². The van der Waals surface area contributed by atoms with Crippen LogP contribution >= 0.6 is 0 Å². The van der Waals surface area contributed by atoms with Crippen molar-refractivity contribution in [3.05, 3.63) is 17.5 Å². The molecule has 0 unspecified atom stereocenters. The predicted octanol–water partition coefficient (Wildman–Crippen LogP) is 2.33. The molecule has 0 aliphatic carbocycles. The van der Waals surface area contributed by atoms with Crippen molar-refractivity contribution in [3.8, 4) is 0 Å². The highest BCUT2D eigenvalue weighted by molar-refractivity contribution is 5.92. The van der Waals surface area contributed by atoms with Crippen LogP contribution in [0.15, 0.2) is 10.6 Å². The highest BCUT2D eigenvalue weighted by atomic mass is 16.5. The number of nitrogens with zero attached hydrogens (tertiary/aromatic N) is 1. The van der Waals surface area contributed by atoms with Crippen molar-refractivity contribution in [3.63, 3.8) is 0 Å². The zero-order chi connectivity index (χ0) is 14.5. The second-order valence-corrected chi connectivity index (χ2v) is 5.95. The fourth-order valence-corrected chi connectivity index (χ4v) is 1.61. The van der Waals surface area contributed by atoms with E-state index in [4.69, 9.17) is 9.63 Å². The molecule has 0 saturated heterocycles. The Morgan fingerprint density at radius 1 is 1.53 bits per heavy atom. The van der Waals surface area contributed by atoms with Gasteiger partial charge in [0.2, 0.25) is 0 Å². The molecule has 1 rings (SSSR count). The lowest BCUT2D eigenvalue weighted by Gasteiger charge is -2.20. The molecule has 0 saturated carbocycles. The summed E-state index contributed by atoms with van der Waals surface area (Å²) in [6.07, 6.45) is 1.69. The quantitative estimate of drug-likeness (QED) is 0.744. The van der Waals surface area contributed by atoms with Crippen LogP contribution in [0.3, 0.4) is 0 Å². The van der Waals surface area contributed by atoms with Gasteiger partial charge in [0.05, 0.1) is 0 Å². The molecule has 1 aromatic heterocycles. The summed E-state index contributed by atoms with van der Waals surface area (Å²) in [6, 6.07) is 1.68. The largest absolute Gasteiger partial charge is 0.396 e. The van der Waals surface area contributed by atoms with E-state index in [0.29, 0.717) is 18.0 Å². The number of hydrogen-bond acceptors (Lipinski definition) is 4. The van der Waals surface area contributed by atoms with E-state index in [1.54, 1.807) is 6.07 Å². The summed E-state index contributed by atoms with van der Waals surface area (Å²) in [4.78, 5) is 11.8. The van der Waals surface area contributed by atoms with Gasteiger partial charge in [-0.3, -0.25) is 4.79 Å². The predicted molar refractivity (Wildman–Crippen MR) is 73.0 cm³/mol. The minimum absolute atomic E-state index is 0.0938. The summed E-state index contributed by atoms with van der Waals surface area (Å²) < 4.78 is 5.08. The lowest BCUT2D eigenvalue weighted by Crippen LogP contribution is -2.26. The topological polar surface area (TPSA) is 75.4 Å². The van der Waals surface area contributed by atoms with Gasteiger partial charge >= 0.3 is 0 Å². The Morgan fingerprint density at radius 2 is 2.21 bits per heavy atom. The Balaban J connectivity index is 2.35. The van der Waals surface area contributed by atoms with E-state index in [2.05, 4.69) is 10.5 Å². The van der Waals surface area contributed by atoms with E-state index in [-0.39, 0.29) is 23.8 Å². The number of aliphatic hydroxyl groups excluding tert-OH is 1. The minimum atomic E-state index is -0.211. The van der Waals surface area contributed by atoms with Crippen molar-refractivity contribution in [1.82, 2.24) is 10.5 Å². The smallest absolute Gasteiger partial charge is 0.273 e. The lowest BCUT2D eigenvalue weighted by molar-refractivity contribution is 0.0939. The van der Waals surface area contributed by atoms with Gasteiger partial charge in [0.1, 0.15) is 5.76 Å². The number of carbonyl (C=O) groups is 1. The third-order valence-electron chi connectivity index (χ3n) is 3.07. The average Bonchev–Trinajstić information content (AvgIpc) is 2.84. The third-order valence-corrected chi connectivity index (χ3v) is 3.07. The van der Waals surface area contributed by atoms with Crippen LogP contribution in [-0.2, 0) is 0 Å². The molecule has 1 amide bonds. The summed E-state index contributed by atoms with van der Waals surface area (Å²) in [7, 11) is 0. The molecule has 19 heavy (non-hydrogen) atoms. The minimum Gasteiger partial charge on any atom is -0.396 e. The summed E-state index contributed by atoms with van der Waals surface area (Å²) >= 11 is 0. The van der Waals surface area contributed by atoms with Gasteiger partial charge < -0.3 is 14.9 Å². The number of aromatic nitrogens is 1. The first-order chi connectivity index (χ1) is 8.85. The van der Waals surface area contributed by atoms with Gasteiger partial charge in [-0.25, -0.2) is 0 Å². The molecule has 0 aromatic carbocycles. The van der Waals surface area contributed by atoms with Crippen LogP contribution in [0.1, 0.15) is 62.7 Å². The number of aliphatic hydroxyl groups is 1. The van der Waals surface area contributed by atoms with E-state index in [0.717, 1.165) is 12.8 Å². The van der Waals surface area contributed by atoms with Gasteiger partial charge in [-0.05, 0) is 18.3 Å². The van der Waals surface area contributed by atoms with E-state index < -0.39 is 0 Å². The summed E-state index contributed by atoms with van der Waals surface area (Å²) in [5, 5.41) is 15.7. The van der Waals surface area contributed by atoms with Crippen LogP contribution in [0.4, 0.5) is 0 Å². The molecular weight excluding hydrogens is 244 g/mol. The second kappa shape index (κ2) is 6.70. The molecule has 0 bridgehead atoms. The molecule has 0 radical (unpaired) electrons. The van der Waals surface area contributed by atoms with Gasteiger partial charge in [-0.1, -0.05) is 32.9 Å². The van der Waals surface area contributed by atoms with Gasteiger partial charge in [0.25, 0.3) is 5.91 Å². The van der Waals surface area contributed by atoms with Gasteiger partial charge in [-0.2, -0.15) is 0 Å². The molecule has 1 heterocycles. The molecular formula is C14H24N2O3. The Hall–Kier alpha value is -1.36. The lowest BCUT2D eigenvalue weighted by atomic mass is 9.89. The average molecular weight is 268 g/mol. The van der Waals surface area contributed by atoms with Crippen molar-refractivity contribution < 1.29 is 14.4 Å². The molecule has 0 aliphatic heterocycles. The normalized spacial score (nSPS) is 11.9. The number of carbonyl (C=O) groups excluding carboxylic acids is 1. The van der Waals surface area contributed by atoms with Crippen molar-refractivity contribution >= 4 is 5.91 Å². The van der Waals surface area contributed by atoms with Crippen LogP contribution in [-0.4, -0.2) is 29.3 Å². The van der Waals surface area contributed by atoms with Crippen LogP contribution in [0.25, 0.3) is 0 Å². The molecule has 2 N–H and O–H groups in total. The van der Waals surface area contributed by atoms with Crippen molar-refractivity contribution in [2.24, 2.45) is 5.41 Å². The van der Waals surface area contributed by atoms with Crippen LogP contribution in [0.5, 0.6) is 0 Å². The molecule has 108 valence electrons. The molecule has 0 spiro atoms. The zero-order valence-corrected chi connectivity index (χ0v) is 12.2. The first kappa shape index (κ1) is 15.7. The number of nitrogens with one attached hydrogen (secondary N) is 1. The van der Waals surface area contributed by atoms with E-state index >= 15 is 0 Å². The monoisotopic (exact) mass is 268 g/mol. The number of hydrogen-bond donors (Lipinski definition) is 2. The van der Waals surface area contributed by atoms with Crippen LogP contribution in [0.2, 0.25) is 0 Å². The Kier molecular flexibility index (Phi) is 5.54. The van der Waals surface area contributed by atoms with Gasteiger partial charge in [0.15, 0.2) is 5.69 Å². The fraction of sp³-hybridized carbons (Fsp3) is 0.714. The zero-order valence-electron chi connectivity index (χ0n) is 12.2. The molecule has 0 fully saturated rings. The molecule has 5 nitrogen and oxygen atoms in total. The van der Waals surface area contributed by atoms with Crippen molar-refractivity contribution in [2.45, 2.75) is 46.5 Å². The van der Waals surface area contributed by atoms with Crippen LogP contribution in [0, 0.1) is 5.41 Å². The van der Waals surface area contributed by atoms with Crippen molar-refractivity contribution in [1.29, 1.82) is 0 Å². The fourth-order valence-electron chi connectivity index (χ4n) is 1.61. The molecule has 5 heteroatoms. The molecule has 0 atom stereocenters. The first-order valence-corrected chi connectivity index (χ1v) is 6.71. The maximum absolute atomic E-state index is 11.8. The first-order valence-electron chi connectivity index (χ1n) is 6.71. The molecule has 1 aromatic rings. The Bertz CT molecular complexity index is 411. The van der Waals surface area contributed by atoms with Gasteiger partial charge in [0, 0.05) is 25.1 Å². The Morgan fingerprint density at radius 3 is 2.74 bits per heavy atom. The SMILES string of the molecule is CC(C)c1cc(C(=O)NCCCC(C)(C)CO)no1. The number of amides is 1. The summed E-state index contributed by atoms with van der Waals surface area (Å²) in [6.45, 7) is 8.70. The van der Waals surface area contributed by atoms with Crippen molar-refractivity contribution in [2.75, 3.05) is 13.2 Å². The maximum atomic E-state index is 11.8. The third kappa shape index (κ3) is 5.03. The summed E-state index contributed by atoms with van der Waals surface area (Å²) in [5.41, 5.74) is 0.230. The maximum Gasteiger partial charge on any atom is 0.273 e. The number of rotatable bonds is 7. The van der Waals surface area contributed by atoms with Crippen LogP contribution < -0.4 is 5.32 Å². The second-order valence-electron chi connectivity index (χ2n) is 5.95. The highest BCUT2D eigenvalue weighted by Crippen LogP contribution is 2.20. The van der Waals surface area contributed by atoms with E-state index in [1.807, 2.05) is 27.7 Å². The van der Waals surface area contributed by atoms with E-state index in [1.165, 1.54) is 0 Å². The Labute approximate surface area is 114 Å². The highest BCUT2D eigenvalue weighted by Gasteiger charge is 2.17. The standard InChI is InChI=1S/C14H24N2O3/c1-10(2)12-8-11(16-19-12)13(18)15-7-5-6-14(3,4)9-17/h8,10,17H,5-7,9H2,1-4H3,(H,15,18).